The van der Waals surface area contributed by atoms with Crippen LogP contribution in [0.4, 0.5) is 18.9 Å². The molecule has 3 aliphatic carbocycles. The quantitative estimate of drug-likeness (QED) is 0.319. The molecule has 0 radical (unpaired) electrons. The highest BCUT2D eigenvalue weighted by molar-refractivity contribution is 6.05. The number of hydrogen-bond acceptors (Lipinski definition) is 6. The first kappa shape index (κ1) is 30.8. The fourth-order valence-electron chi connectivity index (χ4n) is 7.32. The molecular formula is C33H37F3N6O3. The van der Waals surface area contributed by atoms with Crippen LogP contribution in [0.25, 0.3) is 11.0 Å². The Morgan fingerprint density at radius 1 is 1.20 bits per heavy atom. The molecule has 45 heavy (non-hydrogen) atoms. The van der Waals surface area contributed by atoms with E-state index < -0.39 is 18.6 Å². The van der Waals surface area contributed by atoms with Crippen molar-refractivity contribution in [2.45, 2.75) is 56.8 Å². The Morgan fingerprint density at radius 2 is 1.96 bits per heavy atom. The smallest absolute Gasteiger partial charge is 0.406 e. The molecule has 2 amide bonds. The molecule has 2 aromatic carbocycles. The van der Waals surface area contributed by atoms with Crippen molar-refractivity contribution < 1.29 is 27.5 Å². The number of rotatable bonds is 8. The first-order chi connectivity index (χ1) is 21.4. The lowest BCUT2D eigenvalue weighted by Crippen LogP contribution is -2.69. The number of imidazole rings is 1. The van der Waals surface area contributed by atoms with Crippen LogP contribution in [0.5, 0.6) is 5.75 Å². The van der Waals surface area contributed by atoms with Crippen LogP contribution < -0.4 is 21.1 Å². The Kier molecular flexibility index (Phi) is 7.93. The molecule has 7 rings (SSSR count). The van der Waals surface area contributed by atoms with Gasteiger partial charge in [-0.3, -0.25) is 14.5 Å². The lowest BCUT2D eigenvalue weighted by molar-refractivity contribution is -0.157. The number of carbonyl (C=O) groups excluding carboxylic acids is 2. The van der Waals surface area contributed by atoms with Gasteiger partial charge in [0.15, 0.2) is 0 Å². The largest absolute Gasteiger partial charge is 0.495 e. The van der Waals surface area contributed by atoms with Crippen molar-refractivity contribution in [2.24, 2.45) is 17.6 Å². The summed E-state index contributed by atoms with van der Waals surface area (Å²) in [5, 5.41) is 5.68. The Labute approximate surface area is 259 Å². The van der Waals surface area contributed by atoms with Gasteiger partial charge < -0.3 is 25.7 Å². The number of nitrogens with one attached hydrogen (secondary N) is 2. The van der Waals surface area contributed by atoms with Gasteiger partial charge in [-0.1, -0.05) is 18.8 Å². The van der Waals surface area contributed by atoms with Crippen molar-refractivity contribution in [1.82, 2.24) is 19.8 Å². The first-order valence-corrected chi connectivity index (χ1v) is 15.2. The average Bonchev–Trinajstić information content (AvgIpc) is 3.29. The standard InChI is InChI=1S/C33H37F3N6O3/c1-19-17-41(32-14-21(15-32)16-32)10-8-23(19)30-40-28-24(29(37)43)11-20(12-26(28)42(30)18-33(34,35)36)5-4-9-39-25-7-6-22(31(44)38-2)13-27(25)45-3/h6-7,11-13,19,21,23,39H,8-10,14-18H2,1-3H3,(H2,37,43)(H,38,44). The van der Waals surface area contributed by atoms with Crippen molar-refractivity contribution in [3.8, 4) is 17.6 Å². The molecule has 4 N–H and O–H groups in total. The summed E-state index contributed by atoms with van der Waals surface area (Å²) < 4.78 is 48.5. The van der Waals surface area contributed by atoms with Crippen LogP contribution >= 0.6 is 0 Å². The zero-order valence-electron chi connectivity index (χ0n) is 25.6. The number of primary amides is 1. The van der Waals surface area contributed by atoms with Crippen LogP contribution in [0.2, 0.25) is 0 Å². The predicted octanol–water partition coefficient (Wildman–Crippen LogP) is 4.51. The van der Waals surface area contributed by atoms with Gasteiger partial charge in [0.05, 0.1) is 30.4 Å². The molecule has 1 saturated heterocycles. The monoisotopic (exact) mass is 622 g/mol. The molecule has 0 spiro atoms. The highest BCUT2D eigenvalue weighted by Crippen LogP contribution is 2.61. The molecule has 238 valence electrons. The number of amides is 2. The number of aromatic nitrogens is 2. The van der Waals surface area contributed by atoms with E-state index in [9.17, 15) is 22.8 Å². The topological polar surface area (TPSA) is 115 Å². The van der Waals surface area contributed by atoms with Crippen molar-refractivity contribution in [2.75, 3.05) is 39.1 Å². The van der Waals surface area contributed by atoms with Crippen LogP contribution in [-0.4, -0.2) is 71.8 Å². The zero-order chi connectivity index (χ0) is 32.1. The van der Waals surface area contributed by atoms with Gasteiger partial charge in [0, 0.05) is 36.2 Å². The van der Waals surface area contributed by atoms with Crippen molar-refractivity contribution in [1.29, 1.82) is 0 Å². The van der Waals surface area contributed by atoms with E-state index in [0.29, 0.717) is 40.3 Å². The summed E-state index contributed by atoms with van der Waals surface area (Å²) in [5.74, 6) is 6.42. The number of piperidine rings is 1. The molecule has 1 aliphatic heterocycles. The Balaban J connectivity index is 1.29. The number of ether oxygens (including phenoxy) is 1. The van der Waals surface area contributed by atoms with Gasteiger partial charge in [-0.15, -0.1) is 0 Å². The number of likely N-dealkylation sites (tertiary alicyclic amines) is 1. The van der Waals surface area contributed by atoms with Crippen molar-refractivity contribution in [3.63, 3.8) is 0 Å². The molecule has 1 aromatic heterocycles. The number of nitrogens with zero attached hydrogens (tertiary/aromatic N) is 3. The second-order valence-corrected chi connectivity index (χ2v) is 12.6. The Morgan fingerprint density at radius 3 is 2.56 bits per heavy atom. The van der Waals surface area contributed by atoms with E-state index in [1.165, 1.54) is 44.1 Å². The molecule has 9 nitrogen and oxygen atoms in total. The maximum absolute atomic E-state index is 14.0. The van der Waals surface area contributed by atoms with Crippen LogP contribution in [0.1, 0.15) is 70.6 Å². The summed E-state index contributed by atoms with van der Waals surface area (Å²) in [5.41, 5.74) is 7.81. The number of hydrogen-bond donors (Lipinski definition) is 3. The third kappa shape index (κ3) is 5.81. The number of benzene rings is 2. The van der Waals surface area contributed by atoms with Crippen LogP contribution in [0.15, 0.2) is 30.3 Å². The van der Waals surface area contributed by atoms with Crippen molar-refractivity contribution in [3.05, 3.63) is 52.8 Å². The number of anilines is 1. The summed E-state index contributed by atoms with van der Waals surface area (Å²) in [7, 11) is 3.02. The summed E-state index contributed by atoms with van der Waals surface area (Å²) >= 11 is 0. The van der Waals surface area contributed by atoms with Gasteiger partial charge in [-0.2, -0.15) is 13.2 Å². The number of methoxy groups -OCH3 is 1. The fraction of sp³-hybridized carbons (Fsp3) is 0.485. The molecule has 2 heterocycles. The summed E-state index contributed by atoms with van der Waals surface area (Å²) in [6.45, 7) is 2.66. The molecule has 4 aliphatic rings. The van der Waals surface area contributed by atoms with E-state index in [1.807, 2.05) is 0 Å². The van der Waals surface area contributed by atoms with Crippen LogP contribution in [-0.2, 0) is 6.54 Å². The van der Waals surface area contributed by atoms with Crippen molar-refractivity contribution >= 4 is 28.5 Å². The van der Waals surface area contributed by atoms with Crippen LogP contribution in [0.3, 0.4) is 0 Å². The minimum atomic E-state index is -4.50. The molecule has 12 heteroatoms. The minimum absolute atomic E-state index is 0.0392. The predicted molar refractivity (Wildman–Crippen MR) is 164 cm³/mol. The SMILES string of the molecule is CNC(=O)c1ccc(NCC#Cc2cc(C(N)=O)c3nc(C4CCN(C56CC(C5)C6)CC4C)n(CC(F)(F)F)c3c2)c(OC)c1. The fourth-order valence-corrected chi connectivity index (χ4v) is 7.32. The average molecular weight is 623 g/mol. The number of fused-ring (bicyclic) bond motifs is 1. The maximum Gasteiger partial charge on any atom is 0.406 e. The molecular weight excluding hydrogens is 585 g/mol. The Bertz CT molecular complexity index is 1710. The van der Waals surface area contributed by atoms with E-state index in [0.717, 1.165) is 19.0 Å². The second kappa shape index (κ2) is 11.6. The first-order valence-electron chi connectivity index (χ1n) is 15.2. The molecule has 2 bridgehead atoms. The number of carbonyl (C=O) groups is 2. The summed E-state index contributed by atoms with van der Waals surface area (Å²) in [6, 6.07) is 7.97. The molecule has 4 fully saturated rings. The van der Waals surface area contributed by atoms with Gasteiger partial charge >= 0.3 is 6.18 Å². The summed E-state index contributed by atoms with van der Waals surface area (Å²) in [4.78, 5) is 31.7. The number of nitrogens with two attached hydrogens (primary N) is 1. The van der Waals surface area contributed by atoms with Gasteiger partial charge in [0.2, 0.25) is 0 Å². The Hall–Kier alpha value is -4.24. The van der Waals surface area contributed by atoms with E-state index >= 15 is 0 Å². The highest BCUT2D eigenvalue weighted by Gasteiger charge is 2.60. The third-order valence-corrected chi connectivity index (χ3v) is 9.69. The summed E-state index contributed by atoms with van der Waals surface area (Å²) in [6.07, 6.45) is -0.100. The van der Waals surface area contributed by atoms with Crippen LogP contribution in [0, 0.1) is 23.7 Å². The van der Waals surface area contributed by atoms with Gasteiger partial charge in [0.25, 0.3) is 11.8 Å². The molecule has 2 unspecified atom stereocenters. The molecule has 3 aromatic rings. The maximum atomic E-state index is 14.0. The van der Waals surface area contributed by atoms with E-state index in [-0.39, 0.29) is 40.9 Å². The highest BCUT2D eigenvalue weighted by atomic mass is 19.4. The zero-order valence-corrected chi connectivity index (χ0v) is 25.6. The van der Waals surface area contributed by atoms with E-state index in [4.69, 9.17) is 10.5 Å². The van der Waals surface area contributed by atoms with Gasteiger partial charge in [-0.25, -0.2) is 4.98 Å². The minimum Gasteiger partial charge on any atom is -0.495 e. The normalized spacial score (nSPS) is 24.2. The molecule has 3 saturated carbocycles. The van der Waals surface area contributed by atoms with E-state index in [1.54, 1.807) is 24.3 Å². The third-order valence-electron chi connectivity index (χ3n) is 9.69. The van der Waals surface area contributed by atoms with Gasteiger partial charge in [0.1, 0.15) is 23.6 Å². The van der Waals surface area contributed by atoms with Gasteiger partial charge in [-0.05, 0) is 74.4 Å². The number of halogens is 3. The lowest BCUT2D eigenvalue weighted by atomic mass is 9.48. The second-order valence-electron chi connectivity index (χ2n) is 12.6. The van der Waals surface area contributed by atoms with E-state index in [2.05, 4.69) is 39.3 Å². The number of alkyl halides is 3. The lowest BCUT2D eigenvalue weighted by Gasteiger charge is -2.68. The molecule has 2 atom stereocenters.